The van der Waals surface area contributed by atoms with E-state index in [1.165, 1.54) is 5.56 Å². The summed E-state index contributed by atoms with van der Waals surface area (Å²) in [6, 6.07) is 26.6. The largest absolute Gasteiger partial charge is 0.307 e. The highest BCUT2D eigenvalue weighted by Crippen LogP contribution is 2.34. The molecule has 0 spiro atoms. The SMILES string of the molecule is C[C@H](Cc1cc(C#N)c2c(c1)CCN2C(=O)c1ccccc1)N[C@H](C)c1ccccc1. The number of hydrogen-bond donors (Lipinski definition) is 1. The maximum Gasteiger partial charge on any atom is 0.258 e. The molecule has 1 amide bonds. The van der Waals surface area contributed by atoms with Gasteiger partial charge in [0.25, 0.3) is 5.91 Å². The van der Waals surface area contributed by atoms with E-state index in [9.17, 15) is 10.1 Å². The predicted octanol–water partition coefficient (Wildman–Crippen LogP) is 5.04. The van der Waals surface area contributed by atoms with Gasteiger partial charge in [-0.25, -0.2) is 0 Å². The van der Waals surface area contributed by atoms with Crippen molar-refractivity contribution in [1.82, 2.24) is 5.32 Å². The topological polar surface area (TPSA) is 56.1 Å². The molecule has 0 saturated carbocycles. The minimum atomic E-state index is -0.0460. The van der Waals surface area contributed by atoms with Crippen LogP contribution in [-0.2, 0) is 12.8 Å². The van der Waals surface area contributed by atoms with Crippen molar-refractivity contribution in [2.24, 2.45) is 0 Å². The first kappa shape index (κ1) is 20.8. The molecule has 4 nitrogen and oxygen atoms in total. The van der Waals surface area contributed by atoms with Gasteiger partial charge in [0.15, 0.2) is 0 Å². The van der Waals surface area contributed by atoms with Crippen LogP contribution in [0.3, 0.4) is 0 Å². The molecular weight excluding hydrogens is 382 g/mol. The number of nitrogens with zero attached hydrogens (tertiary/aromatic N) is 2. The Morgan fingerprint density at radius 1 is 1.06 bits per heavy atom. The molecule has 3 aromatic rings. The summed E-state index contributed by atoms with van der Waals surface area (Å²) in [7, 11) is 0. The van der Waals surface area contributed by atoms with E-state index in [2.05, 4.69) is 55.6 Å². The average Bonchev–Trinajstić information content (AvgIpc) is 3.23. The molecule has 1 N–H and O–H groups in total. The third kappa shape index (κ3) is 4.52. The lowest BCUT2D eigenvalue weighted by atomic mass is 9.98. The number of carbonyl (C=O) groups is 1. The molecule has 0 radical (unpaired) electrons. The molecule has 2 atom stereocenters. The quantitative estimate of drug-likeness (QED) is 0.620. The monoisotopic (exact) mass is 409 g/mol. The second-order valence-corrected chi connectivity index (χ2v) is 8.24. The van der Waals surface area contributed by atoms with E-state index in [4.69, 9.17) is 0 Å². The molecule has 0 unspecified atom stereocenters. The van der Waals surface area contributed by atoms with Crippen LogP contribution in [0.4, 0.5) is 5.69 Å². The van der Waals surface area contributed by atoms with Crippen LogP contribution in [0.2, 0.25) is 0 Å². The van der Waals surface area contributed by atoms with Crippen LogP contribution < -0.4 is 10.2 Å². The number of nitriles is 1. The number of nitrogens with one attached hydrogen (secondary N) is 1. The smallest absolute Gasteiger partial charge is 0.258 e. The Morgan fingerprint density at radius 3 is 2.42 bits per heavy atom. The maximum atomic E-state index is 13.0. The first-order chi connectivity index (χ1) is 15.1. The molecule has 0 fully saturated rings. The van der Waals surface area contributed by atoms with Gasteiger partial charge in [0.2, 0.25) is 0 Å². The zero-order valence-corrected chi connectivity index (χ0v) is 18.0. The van der Waals surface area contributed by atoms with Crippen LogP contribution in [0.25, 0.3) is 0 Å². The van der Waals surface area contributed by atoms with E-state index >= 15 is 0 Å². The number of carbonyl (C=O) groups excluding carboxylic acids is 1. The van der Waals surface area contributed by atoms with Crippen molar-refractivity contribution in [2.45, 2.75) is 38.8 Å². The van der Waals surface area contributed by atoms with Crippen molar-refractivity contribution >= 4 is 11.6 Å². The molecule has 0 aromatic heterocycles. The highest BCUT2D eigenvalue weighted by atomic mass is 16.2. The van der Waals surface area contributed by atoms with E-state index in [1.807, 2.05) is 42.5 Å². The molecule has 4 rings (SSSR count). The van der Waals surface area contributed by atoms with Crippen molar-refractivity contribution in [3.8, 4) is 6.07 Å². The Balaban J connectivity index is 1.52. The molecule has 156 valence electrons. The highest BCUT2D eigenvalue weighted by molar-refractivity contribution is 6.08. The van der Waals surface area contributed by atoms with Crippen molar-refractivity contribution in [3.63, 3.8) is 0 Å². The van der Waals surface area contributed by atoms with Crippen LogP contribution in [0.1, 0.15) is 52.5 Å². The number of anilines is 1. The van der Waals surface area contributed by atoms with Crippen LogP contribution in [0.5, 0.6) is 0 Å². The van der Waals surface area contributed by atoms with Gasteiger partial charge in [-0.2, -0.15) is 5.26 Å². The summed E-state index contributed by atoms with van der Waals surface area (Å²) in [6.07, 6.45) is 1.60. The van der Waals surface area contributed by atoms with Crippen molar-refractivity contribution in [1.29, 1.82) is 5.26 Å². The number of fused-ring (bicyclic) bond motifs is 1. The van der Waals surface area contributed by atoms with Crippen molar-refractivity contribution < 1.29 is 4.79 Å². The van der Waals surface area contributed by atoms with E-state index in [1.54, 1.807) is 4.90 Å². The van der Waals surface area contributed by atoms with Gasteiger partial charge in [-0.1, -0.05) is 54.6 Å². The zero-order chi connectivity index (χ0) is 21.8. The predicted molar refractivity (Wildman–Crippen MR) is 124 cm³/mol. The summed E-state index contributed by atoms with van der Waals surface area (Å²) in [5.41, 5.74) is 5.48. The lowest BCUT2D eigenvalue weighted by Gasteiger charge is -2.22. The van der Waals surface area contributed by atoms with Gasteiger partial charge in [-0.15, -0.1) is 0 Å². The highest BCUT2D eigenvalue weighted by Gasteiger charge is 2.29. The molecule has 31 heavy (non-hydrogen) atoms. The number of benzene rings is 3. The molecule has 0 aliphatic carbocycles. The summed E-state index contributed by atoms with van der Waals surface area (Å²) in [6.45, 7) is 4.95. The lowest BCUT2D eigenvalue weighted by Crippen LogP contribution is -2.31. The van der Waals surface area contributed by atoms with Gasteiger partial charge in [0.05, 0.1) is 11.3 Å². The Kier molecular flexibility index (Phi) is 6.16. The molecule has 4 heteroatoms. The van der Waals surface area contributed by atoms with Gasteiger partial charge in [0, 0.05) is 24.2 Å². The third-order valence-corrected chi connectivity index (χ3v) is 5.89. The van der Waals surface area contributed by atoms with Gasteiger partial charge < -0.3 is 10.2 Å². The van der Waals surface area contributed by atoms with E-state index in [0.717, 1.165) is 29.7 Å². The summed E-state index contributed by atoms with van der Waals surface area (Å²) in [5.74, 6) is -0.0460. The van der Waals surface area contributed by atoms with Gasteiger partial charge in [-0.3, -0.25) is 4.79 Å². The Labute approximate surface area is 184 Å². The van der Waals surface area contributed by atoms with Crippen LogP contribution in [-0.4, -0.2) is 18.5 Å². The minimum absolute atomic E-state index is 0.0460. The molecule has 1 heterocycles. The summed E-state index contributed by atoms with van der Waals surface area (Å²) in [4.78, 5) is 14.8. The Morgan fingerprint density at radius 2 is 1.74 bits per heavy atom. The van der Waals surface area contributed by atoms with E-state index in [-0.39, 0.29) is 18.0 Å². The summed E-state index contributed by atoms with van der Waals surface area (Å²) in [5, 5.41) is 13.5. The van der Waals surface area contributed by atoms with E-state index in [0.29, 0.717) is 17.7 Å². The maximum absolute atomic E-state index is 13.0. The molecule has 0 bridgehead atoms. The second-order valence-electron chi connectivity index (χ2n) is 8.24. The standard InChI is InChI=1S/C27H27N3O/c1-19(29-20(2)22-9-5-3-6-10-22)15-21-16-24-13-14-30(26(24)25(17-21)18-28)27(31)23-11-7-4-8-12-23/h3-12,16-17,19-20,29H,13-15H2,1-2H3/t19-,20-/m1/s1. The average molecular weight is 410 g/mol. The summed E-state index contributed by atoms with van der Waals surface area (Å²) >= 11 is 0. The van der Waals surface area contributed by atoms with Gasteiger partial charge in [-0.05, 0) is 61.6 Å². The van der Waals surface area contributed by atoms with Gasteiger partial charge in [0.1, 0.15) is 6.07 Å². The fraction of sp³-hybridized carbons (Fsp3) is 0.259. The third-order valence-electron chi connectivity index (χ3n) is 5.89. The molecular formula is C27H27N3O. The van der Waals surface area contributed by atoms with Crippen LogP contribution in [0.15, 0.2) is 72.8 Å². The first-order valence-corrected chi connectivity index (χ1v) is 10.8. The molecule has 1 aliphatic heterocycles. The van der Waals surface area contributed by atoms with Crippen molar-refractivity contribution in [3.05, 3.63) is 101 Å². The van der Waals surface area contributed by atoms with Gasteiger partial charge >= 0.3 is 0 Å². The molecule has 1 aliphatic rings. The Bertz CT molecular complexity index is 1100. The zero-order valence-electron chi connectivity index (χ0n) is 18.0. The molecule has 3 aromatic carbocycles. The van der Waals surface area contributed by atoms with Crippen LogP contribution in [0, 0.1) is 11.3 Å². The normalized spacial score (nSPS) is 14.5. The fourth-order valence-corrected chi connectivity index (χ4v) is 4.43. The summed E-state index contributed by atoms with van der Waals surface area (Å²) < 4.78 is 0. The number of hydrogen-bond acceptors (Lipinski definition) is 3. The van der Waals surface area contributed by atoms with Crippen molar-refractivity contribution in [2.75, 3.05) is 11.4 Å². The number of amides is 1. The Hall–Kier alpha value is -3.42. The first-order valence-electron chi connectivity index (χ1n) is 10.8. The number of rotatable bonds is 6. The molecule has 0 saturated heterocycles. The lowest BCUT2D eigenvalue weighted by molar-refractivity contribution is 0.0989. The van der Waals surface area contributed by atoms with Crippen LogP contribution >= 0.6 is 0 Å². The minimum Gasteiger partial charge on any atom is -0.307 e. The fourth-order valence-electron chi connectivity index (χ4n) is 4.43. The second kappa shape index (κ2) is 9.16. The van der Waals surface area contributed by atoms with E-state index < -0.39 is 0 Å².